The smallest absolute Gasteiger partial charge is 0.249 e. The SMILES string of the molecule is COc1ccccc1C=CC(=O)Nc1cc(C)nn1-c1nc2ccccc2[nH]1. The van der Waals surface area contributed by atoms with Crippen molar-refractivity contribution in [2.24, 2.45) is 0 Å². The summed E-state index contributed by atoms with van der Waals surface area (Å²) in [5.41, 5.74) is 3.32. The van der Waals surface area contributed by atoms with Gasteiger partial charge in [-0.2, -0.15) is 9.78 Å². The molecule has 2 aromatic heterocycles. The molecular weight excluding hydrogens is 354 g/mol. The van der Waals surface area contributed by atoms with E-state index in [-0.39, 0.29) is 5.91 Å². The van der Waals surface area contributed by atoms with E-state index in [1.807, 2.05) is 55.5 Å². The van der Waals surface area contributed by atoms with Gasteiger partial charge in [-0.05, 0) is 31.2 Å². The van der Waals surface area contributed by atoms with E-state index in [9.17, 15) is 4.79 Å². The van der Waals surface area contributed by atoms with Crippen LogP contribution in [-0.2, 0) is 4.79 Å². The molecule has 4 rings (SSSR count). The number of carbonyl (C=O) groups is 1. The molecule has 0 bridgehead atoms. The van der Waals surface area contributed by atoms with Gasteiger partial charge in [-0.3, -0.25) is 4.79 Å². The summed E-state index contributed by atoms with van der Waals surface area (Å²) >= 11 is 0. The number of imidazole rings is 1. The molecule has 1 amide bonds. The second-order valence-electron chi connectivity index (χ2n) is 6.22. The van der Waals surface area contributed by atoms with Crippen molar-refractivity contribution in [3.05, 3.63) is 71.9 Å². The lowest BCUT2D eigenvalue weighted by Crippen LogP contribution is -2.13. The van der Waals surface area contributed by atoms with Crippen LogP contribution in [0.3, 0.4) is 0 Å². The van der Waals surface area contributed by atoms with Gasteiger partial charge in [0.15, 0.2) is 0 Å². The van der Waals surface area contributed by atoms with Crippen LogP contribution in [0, 0.1) is 6.92 Å². The number of ether oxygens (including phenoxy) is 1. The van der Waals surface area contributed by atoms with Crippen molar-refractivity contribution in [3.63, 3.8) is 0 Å². The zero-order chi connectivity index (χ0) is 19.5. The number of hydrogen-bond donors (Lipinski definition) is 2. The third-order valence-electron chi connectivity index (χ3n) is 4.21. The maximum atomic E-state index is 12.4. The molecule has 2 heterocycles. The average molecular weight is 373 g/mol. The number of nitrogens with zero attached hydrogens (tertiary/aromatic N) is 3. The first kappa shape index (κ1) is 17.5. The Kier molecular flexibility index (Phi) is 4.63. The van der Waals surface area contributed by atoms with E-state index >= 15 is 0 Å². The van der Waals surface area contributed by atoms with E-state index in [0.29, 0.717) is 17.5 Å². The molecule has 0 saturated heterocycles. The summed E-state index contributed by atoms with van der Waals surface area (Å²) in [5, 5.41) is 7.29. The lowest BCUT2D eigenvalue weighted by Gasteiger charge is -2.05. The molecule has 2 aromatic carbocycles. The lowest BCUT2D eigenvalue weighted by atomic mass is 10.2. The van der Waals surface area contributed by atoms with Crippen LogP contribution in [0.4, 0.5) is 5.82 Å². The van der Waals surface area contributed by atoms with Gasteiger partial charge in [-0.25, -0.2) is 4.98 Å². The van der Waals surface area contributed by atoms with Gasteiger partial charge in [-0.1, -0.05) is 30.3 Å². The van der Waals surface area contributed by atoms with Crippen LogP contribution < -0.4 is 10.1 Å². The minimum absolute atomic E-state index is 0.275. The molecule has 7 nitrogen and oxygen atoms in total. The third-order valence-corrected chi connectivity index (χ3v) is 4.21. The molecule has 28 heavy (non-hydrogen) atoms. The van der Waals surface area contributed by atoms with Crippen molar-refractivity contribution < 1.29 is 9.53 Å². The van der Waals surface area contributed by atoms with Crippen molar-refractivity contribution in [2.75, 3.05) is 12.4 Å². The number of methoxy groups -OCH3 is 1. The quantitative estimate of drug-likeness (QED) is 0.522. The number of hydrogen-bond acceptors (Lipinski definition) is 4. The van der Waals surface area contributed by atoms with Crippen LogP contribution >= 0.6 is 0 Å². The first-order valence-corrected chi connectivity index (χ1v) is 8.78. The Morgan fingerprint density at radius 2 is 1.96 bits per heavy atom. The van der Waals surface area contributed by atoms with Gasteiger partial charge in [0.1, 0.15) is 11.6 Å². The Balaban J connectivity index is 1.58. The van der Waals surface area contributed by atoms with Gasteiger partial charge < -0.3 is 15.0 Å². The molecule has 0 radical (unpaired) electrons. The number of amides is 1. The van der Waals surface area contributed by atoms with Crippen LogP contribution in [-0.4, -0.2) is 32.8 Å². The molecule has 4 aromatic rings. The van der Waals surface area contributed by atoms with Gasteiger partial charge in [0, 0.05) is 17.7 Å². The summed E-state index contributed by atoms with van der Waals surface area (Å²) in [5.74, 6) is 1.50. The molecule has 0 aliphatic carbocycles. The number of fused-ring (bicyclic) bond motifs is 1. The molecule has 0 aliphatic rings. The number of rotatable bonds is 5. The largest absolute Gasteiger partial charge is 0.496 e. The maximum Gasteiger partial charge on any atom is 0.249 e. The summed E-state index contributed by atoms with van der Waals surface area (Å²) in [7, 11) is 1.60. The zero-order valence-electron chi connectivity index (χ0n) is 15.5. The molecule has 0 saturated carbocycles. The Labute approximate surface area is 161 Å². The zero-order valence-corrected chi connectivity index (χ0v) is 15.5. The van der Waals surface area contributed by atoms with Crippen molar-refractivity contribution >= 4 is 28.8 Å². The summed E-state index contributed by atoms with van der Waals surface area (Å²) < 4.78 is 6.88. The predicted molar refractivity (Wildman–Crippen MR) is 109 cm³/mol. The van der Waals surface area contributed by atoms with Gasteiger partial charge in [0.2, 0.25) is 11.9 Å². The van der Waals surface area contributed by atoms with E-state index in [0.717, 1.165) is 22.3 Å². The Morgan fingerprint density at radius 3 is 2.79 bits per heavy atom. The van der Waals surface area contributed by atoms with E-state index in [1.165, 1.54) is 6.08 Å². The Morgan fingerprint density at radius 1 is 1.18 bits per heavy atom. The van der Waals surface area contributed by atoms with E-state index < -0.39 is 0 Å². The molecular formula is C21H19N5O2. The molecule has 0 aliphatic heterocycles. The monoisotopic (exact) mass is 373 g/mol. The first-order valence-electron chi connectivity index (χ1n) is 8.78. The van der Waals surface area contributed by atoms with Crippen molar-refractivity contribution in [1.82, 2.24) is 19.7 Å². The lowest BCUT2D eigenvalue weighted by molar-refractivity contribution is -0.111. The van der Waals surface area contributed by atoms with Crippen molar-refractivity contribution in [3.8, 4) is 11.7 Å². The second kappa shape index (κ2) is 7.40. The number of nitrogens with one attached hydrogen (secondary N) is 2. The summed E-state index contributed by atoms with van der Waals surface area (Å²) in [4.78, 5) is 20.2. The van der Waals surface area contributed by atoms with Crippen LogP contribution in [0.25, 0.3) is 23.1 Å². The fourth-order valence-corrected chi connectivity index (χ4v) is 2.93. The van der Waals surface area contributed by atoms with Gasteiger partial charge in [0.05, 0.1) is 23.8 Å². The highest BCUT2D eigenvalue weighted by atomic mass is 16.5. The van der Waals surface area contributed by atoms with Crippen LogP contribution in [0.2, 0.25) is 0 Å². The van der Waals surface area contributed by atoms with Crippen LogP contribution in [0.1, 0.15) is 11.3 Å². The van der Waals surface area contributed by atoms with E-state index in [1.54, 1.807) is 23.9 Å². The topological polar surface area (TPSA) is 84.8 Å². The molecule has 7 heteroatoms. The first-order chi connectivity index (χ1) is 13.6. The third kappa shape index (κ3) is 3.50. The van der Waals surface area contributed by atoms with E-state index in [4.69, 9.17) is 4.74 Å². The molecule has 0 fully saturated rings. The standard InChI is InChI=1S/C21H19N5O2/c1-14-13-19(24-20(27)12-11-15-7-3-6-10-18(15)28-2)26(25-14)21-22-16-8-4-5-9-17(16)23-21/h3-13H,1-2H3,(H,22,23)(H,24,27). The molecule has 0 spiro atoms. The highest BCUT2D eigenvalue weighted by Crippen LogP contribution is 2.20. The summed E-state index contributed by atoms with van der Waals surface area (Å²) in [6.07, 6.45) is 3.17. The fourth-order valence-electron chi connectivity index (χ4n) is 2.93. The average Bonchev–Trinajstić information content (AvgIpc) is 3.29. The highest BCUT2D eigenvalue weighted by Gasteiger charge is 2.13. The minimum atomic E-state index is -0.275. The molecule has 0 atom stereocenters. The summed E-state index contributed by atoms with van der Waals surface area (Å²) in [6.45, 7) is 1.86. The molecule has 2 N–H and O–H groups in total. The highest BCUT2D eigenvalue weighted by molar-refractivity contribution is 6.01. The van der Waals surface area contributed by atoms with Crippen LogP contribution in [0.15, 0.2) is 60.7 Å². The number of aromatic nitrogens is 4. The molecule has 0 unspecified atom stereocenters. The summed E-state index contributed by atoms with van der Waals surface area (Å²) in [6, 6.07) is 17.0. The minimum Gasteiger partial charge on any atom is -0.496 e. The van der Waals surface area contributed by atoms with E-state index in [2.05, 4.69) is 20.4 Å². The number of aromatic amines is 1. The van der Waals surface area contributed by atoms with Crippen molar-refractivity contribution in [2.45, 2.75) is 6.92 Å². The number of aryl methyl sites for hydroxylation is 1. The van der Waals surface area contributed by atoms with Gasteiger partial charge >= 0.3 is 0 Å². The predicted octanol–water partition coefficient (Wildman–Crippen LogP) is 3.72. The molecule has 140 valence electrons. The number of anilines is 1. The van der Waals surface area contributed by atoms with Gasteiger partial charge in [-0.15, -0.1) is 0 Å². The Bertz CT molecular complexity index is 1140. The number of para-hydroxylation sites is 3. The number of carbonyl (C=O) groups excluding carboxylic acids is 1. The number of benzene rings is 2. The van der Waals surface area contributed by atoms with Crippen molar-refractivity contribution in [1.29, 1.82) is 0 Å². The maximum absolute atomic E-state index is 12.4. The van der Waals surface area contributed by atoms with Gasteiger partial charge in [0.25, 0.3) is 0 Å². The normalized spacial score (nSPS) is 11.2. The van der Waals surface area contributed by atoms with Crippen LogP contribution in [0.5, 0.6) is 5.75 Å². The number of H-pyrrole nitrogens is 1. The Hall–Kier alpha value is -3.87. The fraction of sp³-hybridized carbons (Fsp3) is 0.0952. The second-order valence-corrected chi connectivity index (χ2v) is 6.22.